The van der Waals surface area contributed by atoms with Crippen molar-refractivity contribution in [3.8, 4) is 0 Å². The molecule has 1 aliphatic rings. The molecule has 0 spiro atoms. The summed E-state index contributed by atoms with van der Waals surface area (Å²) in [5.41, 5.74) is 11.7. The van der Waals surface area contributed by atoms with Gasteiger partial charge < -0.3 is 0 Å². The fourth-order valence-corrected chi connectivity index (χ4v) is 5.45. The maximum absolute atomic E-state index is 2.26. The van der Waals surface area contributed by atoms with Gasteiger partial charge >= 0.3 is 0 Å². The van der Waals surface area contributed by atoms with Crippen molar-refractivity contribution in [3.63, 3.8) is 0 Å². The predicted octanol–water partition coefficient (Wildman–Crippen LogP) is 10.1. The molecule has 0 aromatic heterocycles. The van der Waals surface area contributed by atoms with Crippen molar-refractivity contribution in [2.75, 3.05) is 0 Å². The van der Waals surface area contributed by atoms with E-state index in [2.05, 4.69) is 126 Å². The third kappa shape index (κ3) is 5.71. The molecule has 0 heterocycles. The third-order valence-electron chi connectivity index (χ3n) is 7.72. The average Bonchev–Trinajstić information content (AvgIpc) is 2.90. The largest absolute Gasteiger partial charge is 0.0616 e. The van der Waals surface area contributed by atoms with Crippen LogP contribution in [0.3, 0.4) is 0 Å². The van der Waals surface area contributed by atoms with E-state index in [1.807, 2.05) is 0 Å². The Bertz CT molecular complexity index is 1340. The highest BCUT2D eigenvalue weighted by Crippen LogP contribution is 2.26. The van der Waals surface area contributed by atoms with Crippen molar-refractivity contribution in [3.05, 3.63) is 129 Å². The molecule has 184 valence electrons. The van der Waals surface area contributed by atoms with E-state index in [-0.39, 0.29) is 0 Å². The zero-order valence-electron chi connectivity index (χ0n) is 22.9. The molecule has 5 aromatic rings. The summed E-state index contributed by atoms with van der Waals surface area (Å²) in [6.07, 6.45) is 5.39. The van der Waals surface area contributed by atoms with Gasteiger partial charge in [-0.05, 0) is 133 Å². The molecule has 0 radical (unpaired) electrons. The molecule has 0 fully saturated rings. The van der Waals surface area contributed by atoms with Gasteiger partial charge in [0.05, 0.1) is 0 Å². The Hall–Kier alpha value is -3.38. The minimum Gasteiger partial charge on any atom is -0.0616 e. The Labute approximate surface area is 218 Å². The highest BCUT2D eigenvalue weighted by Gasteiger charge is 2.12. The summed E-state index contributed by atoms with van der Waals surface area (Å²) in [5.74, 6) is 0. The molecule has 0 saturated carbocycles. The molecule has 0 bridgehead atoms. The molecule has 0 nitrogen and oxygen atoms in total. The van der Waals surface area contributed by atoms with Gasteiger partial charge in [-0.2, -0.15) is 0 Å². The predicted molar refractivity (Wildman–Crippen MR) is 159 cm³/mol. The number of rotatable bonds is 0. The molecule has 0 N–H and O–H groups in total. The minimum absolute atomic E-state index is 1.31. The first-order chi connectivity index (χ1) is 17.4. The first-order valence-electron chi connectivity index (χ1n) is 13.3. The standard InChI is InChI=1S/C12H12.C12H16.C12H12/c1-9-5-3-8-12-10(2)6-4-7-11(9)12;2*1-9-7-8-10(2)12-6-4-3-5-11(9)12/h3-8H,1-2H3;7-8H,3-6H2,1-2H3;3-8H,1-2H3. The Balaban J connectivity index is 0.000000127. The van der Waals surface area contributed by atoms with Crippen molar-refractivity contribution >= 4 is 21.5 Å². The summed E-state index contributed by atoms with van der Waals surface area (Å²) < 4.78 is 0. The van der Waals surface area contributed by atoms with E-state index in [9.17, 15) is 0 Å². The van der Waals surface area contributed by atoms with Gasteiger partial charge in [-0.15, -0.1) is 0 Å². The second kappa shape index (κ2) is 11.6. The van der Waals surface area contributed by atoms with Gasteiger partial charge in [0.2, 0.25) is 0 Å². The molecule has 1 aliphatic carbocycles. The third-order valence-corrected chi connectivity index (χ3v) is 7.72. The van der Waals surface area contributed by atoms with Crippen LogP contribution < -0.4 is 0 Å². The van der Waals surface area contributed by atoms with Gasteiger partial charge in [-0.25, -0.2) is 0 Å². The van der Waals surface area contributed by atoms with Crippen molar-refractivity contribution < 1.29 is 0 Å². The van der Waals surface area contributed by atoms with Crippen LogP contribution in [0.25, 0.3) is 21.5 Å². The summed E-state index contributed by atoms with van der Waals surface area (Å²) in [6, 6.07) is 30.3. The molecule has 0 saturated heterocycles. The Morgan fingerprint density at radius 3 is 1.03 bits per heavy atom. The van der Waals surface area contributed by atoms with Crippen molar-refractivity contribution in [1.29, 1.82) is 0 Å². The van der Waals surface area contributed by atoms with Gasteiger partial charge in [0.15, 0.2) is 0 Å². The Morgan fingerprint density at radius 2 is 0.639 bits per heavy atom. The maximum Gasteiger partial charge on any atom is -0.0152 e. The molecule has 0 aliphatic heterocycles. The van der Waals surface area contributed by atoms with Gasteiger partial charge in [0.25, 0.3) is 0 Å². The van der Waals surface area contributed by atoms with E-state index in [1.54, 1.807) is 11.1 Å². The van der Waals surface area contributed by atoms with E-state index in [0.29, 0.717) is 0 Å². The fraction of sp³-hybridized carbons (Fsp3) is 0.278. The van der Waals surface area contributed by atoms with Crippen LogP contribution >= 0.6 is 0 Å². The van der Waals surface area contributed by atoms with E-state index in [1.165, 1.54) is 80.6 Å². The zero-order chi connectivity index (χ0) is 25.7. The molecular weight excluding hydrogens is 432 g/mol. The van der Waals surface area contributed by atoms with E-state index >= 15 is 0 Å². The van der Waals surface area contributed by atoms with Crippen LogP contribution in [0.1, 0.15) is 57.3 Å². The van der Waals surface area contributed by atoms with Crippen LogP contribution in [-0.2, 0) is 12.8 Å². The highest BCUT2D eigenvalue weighted by molar-refractivity contribution is 5.88. The monoisotopic (exact) mass is 472 g/mol. The number of benzene rings is 5. The molecule has 0 amide bonds. The first kappa shape index (κ1) is 25.7. The number of aryl methyl sites for hydroxylation is 6. The van der Waals surface area contributed by atoms with Crippen LogP contribution in [0, 0.1) is 41.5 Å². The molecular formula is C36H40. The van der Waals surface area contributed by atoms with Crippen LogP contribution in [0.15, 0.2) is 84.9 Å². The smallest absolute Gasteiger partial charge is 0.0152 e. The molecule has 5 aromatic carbocycles. The molecule has 0 atom stereocenters. The van der Waals surface area contributed by atoms with Crippen LogP contribution in [-0.4, -0.2) is 0 Å². The second-order valence-corrected chi connectivity index (χ2v) is 10.4. The second-order valence-electron chi connectivity index (χ2n) is 10.4. The summed E-state index contributed by atoms with van der Waals surface area (Å²) in [4.78, 5) is 0. The lowest BCUT2D eigenvalue weighted by Crippen LogP contribution is -2.06. The van der Waals surface area contributed by atoms with Gasteiger partial charge in [-0.3, -0.25) is 0 Å². The normalized spacial score (nSPS) is 12.3. The summed E-state index contributed by atoms with van der Waals surface area (Å²) in [5, 5.41) is 5.49. The van der Waals surface area contributed by atoms with Gasteiger partial charge in [0.1, 0.15) is 0 Å². The lowest BCUT2D eigenvalue weighted by molar-refractivity contribution is 0.678. The lowest BCUT2D eigenvalue weighted by atomic mass is 9.86. The van der Waals surface area contributed by atoms with E-state index in [0.717, 1.165) is 0 Å². The van der Waals surface area contributed by atoms with E-state index < -0.39 is 0 Å². The minimum atomic E-state index is 1.31. The lowest BCUT2D eigenvalue weighted by Gasteiger charge is -2.19. The average molecular weight is 473 g/mol. The van der Waals surface area contributed by atoms with Crippen molar-refractivity contribution in [1.82, 2.24) is 0 Å². The maximum atomic E-state index is 2.26. The molecule has 36 heavy (non-hydrogen) atoms. The number of fused-ring (bicyclic) bond motifs is 3. The summed E-state index contributed by atoms with van der Waals surface area (Å²) in [7, 11) is 0. The molecule has 0 heteroatoms. The molecule has 0 unspecified atom stereocenters. The number of hydrogen-bond donors (Lipinski definition) is 0. The zero-order valence-corrected chi connectivity index (χ0v) is 22.9. The Morgan fingerprint density at radius 1 is 0.333 bits per heavy atom. The quantitative estimate of drug-likeness (QED) is 0.210. The SMILES string of the molecule is Cc1ccc(C)c2c1CCCC2.Cc1ccc(C)c2ccccc12.Cc1cccc2c(C)cccc12. The highest BCUT2D eigenvalue weighted by atomic mass is 14.2. The van der Waals surface area contributed by atoms with E-state index in [4.69, 9.17) is 0 Å². The van der Waals surface area contributed by atoms with Crippen LogP contribution in [0.5, 0.6) is 0 Å². The first-order valence-corrected chi connectivity index (χ1v) is 13.3. The topological polar surface area (TPSA) is 0 Å². The van der Waals surface area contributed by atoms with Gasteiger partial charge in [0, 0.05) is 0 Å². The Kier molecular flexibility index (Phi) is 8.26. The molecule has 6 rings (SSSR count). The fourth-order valence-electron chi connectivity index (χ4n) is 5.45. The van der Waals surface area contributed by atoms with Crippen molar-refractivity contribution in [2.45, 2.75) is 67.2 Å². The number of hydrogen-bond acceptors (Lipinski definition) is 0. The summed E-state index contributed by atoms with van der Waals surface area (Å²) in [6.45, 7) is 13.1. The summed E-state index contributed by atoms with van der Waals surface area (Å²) >= 11 is 0. The van der Waals surface area contributed by atoms with Crippen LogP contribution in [0.2, 0.25) is 0 Å². The van der Waals surface area contributed by atoms with Crippen LogP contribution in [0.4, 0.5) is 0 Å². The van der Waals surface area contributed by atoms with Crippen molar-refractivity contribution in [2.24, 2.45) is 0 Å². The van der Waals surface area contributed by atoms with Gasteiger partial charge in [-0.1, -0.05) is 84.9 Å².